The number of hydrogen-bond donors (Lipinski definition) is 2. The summed E-state index contributed by atoms with van der Waals surface area (Å²) in [6.07, 6.45) is 3.31. The lowest BCUT2D eigenvalue weighted by molar-refractivity contribution is -0.132. The Morgan fingerprint density at radius 3 is 2.41 bits per heavy atom. The largest absolute Gasteiger partial charge is 0.361 e. The van der Waals surface area contributed by atoms with Gasteiger partial charge >= 0.3 is 6.03 Å². The van der Waals surface area contributed by atoms with Crippen LogP contribution < -0.4 is 5.32 Å². The molecule has 1 aromatic heterocycles. The van der Waals surface area contributed by atoms with Crippen LogP contribution in [0.1, 0.15) is 24.5 Å². The first-order valence-corrected chi connectivity index (χ1v) is 12.7. The molecule has 0 saturated carbocycles. The molecule has 37 heavy (non-hydrogen) atoms. The Hall–Kier alpha value is -3.84. The number of halogens is 2. The molecule has 0 aliphatic carbocycles. The summed E-state index contributed by atoms with van der Waals surface area (Å²) in [6, 6.07) is 20.6. The summed E-state index contributed by atoms with van der Waals surface area (Å²) in [5, 5.41) is 4.53. The Bertz CT molecular complexity index is 1340. The minimum atomic E-state index is -0.351. The molecule has 0 saturated heterocycles. The van der Waals surface area contributed by atoms with E-state index < -0.39 is 0 Å². The average molecular weight is 521 g/mol. The smallest absolute Gasteiger partial charge is 0.322 e. The molecular formula is C29H30ClFN4O2. The van der Waals surface area contributed by atoms with Gasteiger partial charge in [0.2, 0.25) is 5.91 Å². The Kier molecular flexibility index (Phi) is 8.80. The van der Waals surface area contributed by atoms with E-state index in [1.807, 2.05) is 31.3 Å². The van der Waals surface area contributed by atoms with Crippen molar-refractivity contribution in [1.29, 1.82) is 0 Å². The quantitative estimate of drug-likeness (QED) is 0.251. The van der Waals surface area contributed by atoms with E-state index in [-0.39, 0.29) is 24.3 Å². The van der Waals surface area contributed by atoms with E-state index in [9.17, 15) is 14.0 Å². The van der Waals surface area contributed by atoms with Gasteiger partial charge in [-0.25, -0.2) is 9.18 Å². The third kappa shape index (κ3) is 7.11. The second-order valence-corrected chi connectivity index (χ2v) is 9.35. The van der Waals surface area contributed by atoms with E-state index in [1.54, 1.807) is 41.3 Å². The maximum Gasteiger partial charge on any atom is 0.322 e. The highest BCUT2D eigenvalue weighted by Gasteiger charge is 2.22. The number of rotatable bonds is 10. The number of aromatic nitrogens is 1. The number of urea groups is 1. The van der Waals surface area contributed by atoms with Crippen molar-refractivity contribution < 1.29 is 14.0 Å². The van der Waals surface area contributed by atoms with Gasteiger partial charge in [0.05, 0.1) is 0 Å². The van der Waals surface area contributed by atoms with Gasteiger partial charge in [0, 0.05) is 47.4 Å². The number of nitrogens with one attached hydrogen (secondary N) is 2. The van der Waals surface area contributed by atoms with Crippen molar-refractivity contribution >= 4 is 40.1 Å². The lowest BCUT2D eigenvalue weighted by Gasteiger charge is -2.28. The van der Waals surface area contributed by atoms with Gasteiger partial charge in [0.1, 0.15) is 12.4 Å². The normalized spacial score (nSPS) is 10.9. The molecule has 0 radical (unpaired) electrons. The standard InChI is InChI=1S/C29H30ClFN4O2/c1-2-16-35(29(37)33-25-13-9-23(30)10-14-25)20-28(36)34(19-21-7-11-24(31)12-8-21)17-15-22-18-32-27-6-4-3-5-26(22)27/h3-14,18,32H,2,15-17,19-20H2,1H3,(H,33,37). The van der Waals surface area contributed by atoms with Gasteiger partial charge in [-0.2, -0.15) is 0 Å². The van der Waals surface area contributed by atoms with E-state index in [4.69, 9.17) is 11.6 Å². The van der Waals surface area contributed by atoms with E-state index >= 15 is 0 Å². The highest BCUT2D eigenvalue weighted by molar-refractivity contribution is 6.30. The second-order valence-electron chi connectivity index (χ2n) is 8.91. The zero-order valence-corrected chi connectivity index (χ0v) is 21.5. The number of nitrogens with zero attached hydrogens (tertiary/aromatic N) is 2. The molecule has 192 valence electrons. The molecule has 0 bridgehead atoms. The summed E-state index contributed by atoms with van der Waals surface area (Å²) in [5.41, 5.74) is 3.58. The third-order valence-electron chi connectivity index (χ3n) is 6.17. The molecule has 3 amide bonds. The van der Waals surface area contributed by atoms with Gasteiger partial charge in [-0.05, 0) is 66.4 Å². The van der Waals surface area contributed by atoms with Gasteiger partial charge in [-0.15, -0.1) is 0 Å². The lowest BCUT2D eigenvalue weighted by Crippen LogP contribution is -2.45. The molecule has 0 aliphatic heterocycles. The molecule has 3 aromatic carbocycles. The predicted molar refractivity (Wildman–Crippen MR) is 146 cm³/mol. The molecule has 1 heterocycles. The first-order valence-electron chi connectivity index (χ1n) is 12.3. The van der Waals surface area contributed by atoms with Crippen LogP contribution in [0.4, 0.5) is 14.9 Å². The molecule has 4 aromatic rings. The first-order chi connectivity index (χ1) is 17.9. The first kappa shape index (κ1) is 26.2. The average Bonchev–Trinajstić information content (AvgIpc) is 3.31. The summed E-state index contributed by atoms with van der Waals surface area (Å²) in [7, 11) is 0. The maximum absolute atomic E-state index is 13.5. The SMILES string of the molecule is CCCN(CC(=O)N(CCc1c[nH]c2ccccc12)Cc1ccc(F)cc1)C(=O)Nc1ccc(Cl)cc1. The summed E-state index contributed by atoms with van der Waals surface area (Å²) in [4.78, 5) is 33.0. The number of carbonyl (C=O) groups excluding carboxylic acids is 2. The Morgan fingerprint density at radius 1 is 0.946 bits per heavy atom. The van der Waals surface area contributed by atoms with E-state index in [0.29, 0.717) is 43.2 Å². The van der Waals surface area contributed by atoms with Gasteiger partial charge in [0.25, 0.3) is 0 Å². The highest BCUT2D eigenvalue weighted by atomic mass is 35.5. The number of para-hydroxylation sites is 1. The number of aromatic amines is 1. The highest BCUT2D eigenvalue weighted by Crippen LogP contribution is 2.19. The molecule has 0 aliphatic rings. The molecule has 2 N–H and O–H groups in total. The Labute approximate surface area is 221 Å². The number of anilines is 1. The zero-order chi connectivity index (χ0) is 26.2. The number of fused-ring (bicyclic) bond motifs is 1. The number of carbonyl (C=O) groups is 2. The van der Waals surface area contributed by atoms with Crippen LogP contribution in [-0.2, 0) is 17.8 Å². The Balaban J connectivity index is 1.49. The lowest BCUT2D eigenvalue weighted by atomic mass is 10.1. The summed E-state index contributed by atoms with van der Waals surface area (Å²) in [6.45, 7) is 3.09. The Morgan fingerprint density at radius 2 is 1.68 bits per heavy atom. The van der Waals surface area contributed by atoms with Crippen LogP contribution in [0.5, 0.6) is 0 Å². The summed E-state index contributed by atoms with van der Waals surface area (Å²) >= 11 is 5.94. The van der Waals surface area contributed by atoms with E-state index in [0.717, 1.165) is 22.0 Å². The van der Waals surface area contributed by atoms with Gasteiger partial charge < -0.3 is 20.1 Å². The minimum absolute atomic E-state index is 0.0671. The van der Waals surface area contributed by atoms with Crippen molar-refractivity contribution in [2.75, 3.05) is 25.0 Å². The number of amides is 3. The summed E-state index contributed by atoms with van der Waals surface area (Å²) in [5.74, 6) is -0.503. The van der Waals surface area contributed by atoms with Crippen LogP contribution in [0.3, 0.4) is 0 Å². The molecule has 0 unspecified atom stereocenters. The van der Waals surface area contributed by atoms with Crippen molar-refractivity contribution in [3.05, 3.63) is 101 Å². The topological polar surface area (TPSA) is 68.4 Å². The number of hydrogen-bond acceptors (Lipinski definition) is 2. The number of benzene rings is 3. The van der Waals surface area contributed by atoms with Crippen molar-refractivity contribution in [2.24, 2.45) is 0 Å². The molecule has 4 rings (SSSR count). The van der Waals surface area contributed by atoms with Crippen LogP contribution in [0.2, 0.25) is 5.02 Å². The van der Waals surface area contributed by atoms with Crippen molar-refractivity contribution in [2.45, 2.75) is 26.3 Å². The van der Waals surface area contributed by atoms with Crippen molar-refractivity contribution in [3.63, 3.8) is 0 Å². The maximum atomic E-state index is 13.5. The van der Waals surface area contributed by atoms with Crippen LogP contribution in [-0.4, -0.2) is 46.4 Å². The van der Waals surface area contributed by atoms with Crippen molar-refractivity contribution in [1.82, 2.24) is 14.8 Å². The monoisotopic (exact) mass is 520 g/mol. The molecule has 8 heteroatoms. The predicted octanol–water partition coefficient (Wildman–Crippen LogP) is 6.48. The van der Waals surface area contributed by atoms with Gasteiger partial charge in [-0.3, -0.25) is 4.79 Å². The van der Waals surface area contributed by atoms with Gasteiger partial charge in [-0.1, -0.05) is 48.9 Å². The third-order valence-corrected chi connectivity index (χ3v) is 6.42. The van der Waals surface area contributed by atoms with Crippen LogP contribution in [0, 0.1) is 5.82 Å². The fourth-order valence-electron chi connectivity index (χ4n) is 4.22. The zero-order valence-electron chi connectivity index (χ0n) is 20.7. The minimum Gasteiger partial charge on any atom is -0.361 e. The fourth-order valence-corrected chi connectivity index (χ4v) is 4.34. The van der Waals surface area contributed by atoms with Crippen LogP contribution in [0.15, 0.2) is 79.0 Å². The number of H-pyrrole nitrogens is 1. The summed E-state index contributed by atoms with van der Waals surface area (Å²) < 4.78 is 13.5. The van der Waals surface area contributed by atoms with Crippen LogP contribution >= 0.6 is 11.6 Å². The van der Waals surface area contributed by atoms with Gasteiger partial charge in [0.15, 0.2) is 0 Å². The van der Waals surface area contributed by atoms with Crippen molar-refractivity contribution in [3.8, 4) is 0 Å². The molecular weight excluding hydrogens is 491 g/mol. The fraction of sp³-hybridized carbons (Fsp3) is 0.241. The van der Waals surface area contributed by atoms with Crippen LogP contribution in [0.25, 0.3) is 10.9 Å². The molecule has 0 atom stereocenters. The molecule has 0 fully saturated rings. The molecule has 6 nitrogen and oxygen atoms in total. The van der Waals surface area contributed by atoms with E-state index in [2.05, 4.69) is 16.4 Å². The second kappa shape index (κ2) is 12.4. The van der Waals surface area contributed by atoms with E-state index in [1.165, 1.54) is 17.0 Å². The molecule has 0 spiro atoms.